The molecule has 0 unspecified atom stereocenters. The first-order valence-electron chi connectivity index (χ1n) is 15.0. The molecule has 6 rings (SSSR count). The molecule has 0 saturated heterocycles. The monoisotopic (exact) mass is 545 g/mol. The van der Waals surface area contributed by atoms with Crippen LogP contribution in [-0.2, 0) is 15.0 Å². The first-order valence-corrected chi connectivity index (χ1v) is 15.0. The lowest BCUT2D eigenvalue weighted by Gasteiger charge is -2.69. The number of hydrogen-bond acceptors (Lipinski definition) is 6. The van der Waals surface area contributed by atoms with E-state index in [9.17, 15) is 14.7 Å². The maximum atomic E-state index is 14.6. The van der Waals surface area contributed by atoms with Crippen molar-refractivity contribution < 1.29 is 19.2 Å². The number of allylic oxidation sites excluding steroid dienone is 4. The van der Waals surface area contributed by atoms with Crippen LogP contribution in [0.25, 0.3) is 4.85 Å². The number of hydrogen-bond donors (Lipinski definition) is 1. The Morgan fingerprint density at radius 3 is 2.40 bits per heavy atom. The van der Waals surface area contributed by atoms with Crippen LogP contribution in [0, 0.1) is 58.3 Å². The van der Waals surface area contributed by atoms with E-state index in [1.807, 2.05) is 19.1 Å². The minimum atomic E-state index is -1.04. The van der Waals surface area contributed by atoms with Crippen molar-refractivity contribution in [1.82, 2.24) is 10.1 Å². The Balaban J connectivity index is 1.54. The molecule has 0 bridgehead atoms. The number of Topliss-reactive ketones (excluding diaryl/α,β-unsaturated/α-hetero) is 1. The molecule has 0 amide bonds. The number of carbonyl (C=O) groups is 2. The van der Waals surface area contributed by atoms with Gasteiger partial charge in [-0.3, -0.25) is 4.79 Å². The first-order chi connectivity index (χ1) is 18.6. The molecule has 1 heterocycles. The van der Waals surface area contributed by atoms with E-state index in [4.69, 9.17) is 16.1 Å². The molecule has 214 valence electrons. The standard InChI is InChI=1S/C33H43N3O4/c1-19-35-27(40-36-19)33-13-11-28(2,3)16-20(33)25-22(38)15-24-29(4)17-21(34-8)26(39)30(5,18-37)23(29)9-10-31(24,6)32(25,7)12-14-33/h15,17,20,23,25,37H,9-14,16,18H2,1-7H3/t20-,23+,25-,29-,30-,31+,32+,33-/m0/s1. The topological polar surface area (TPSA) is 97.7 Å². The van der Waals surface area contributed by atoms with Crippen molar-refractivity contribution in [3.63, 3.8) is 0 Å². The van der Waals surface area contributed by atoms with E-state index >= 15 is 0 Å². The molecule has 0 spiro atoms. The van der Waals surface area contributed by atoms with E-state index in [1.54, 1.807) is 6.92 Å². The van der Waals surface area contributed by atoms with E-state index < -0.39 is 10.8 Å². The van der Waals surface area contributed by atoms with Gasteiger partial charge in [-0.1, -0.05) is 58.3 Å². The van der Waals surface area contributed by atoms with Gasteiger partial charge >= 0.3 is 0 Å². The SMILES string of the molecule is [C-]#[N+]C1=C[C@]2(C)C3=CC(=O)[C@@H]4[C@@H]5CC(C)(C)CC[C@]5(c5nc(C)no5)CC[C@@]4(C)[C@]3(C)CC[C@H]2[C@](C)(CO)C1=O. The third-order valence-corrected chi connectivity index (χ3v) is 13.0. The van der Waals surface area contributed by atoms with E-state index in [0.717, 1.165) is 50.5 Å². The van der Waals surface area contributed by atoms with Gasteiger partial charge in [0.05, 0.1) is 18.6 Å². The lowest BCUT2D eigenvalue weighted by Crippen LogP contribution is -2.66. The van der Waals surface area contributed by atoms with Gasteiger partial charge in [0.2, 0.25) is 11.6 Å². The summed E-state index contributed by atoms with van der Waals surface area (Å²) in [6.45, 7) is 22.5. The third kappa shape index (κ3) is 3.20. The average molecular weight is 546 g/mol. The molecule has 7 nitrogen and oxygen atoms in total. The van der Waals surface area contributed by atoms with Crippen LogP contribution in [0.1, 0.15) is 98.2 Å². The number of aromatic nitrogens is 2. The van der Waals surface area contributed by atoms with Crippen LogP contribution in [0.4, 0.5) is 0 Å². The van der Waals surface area contributed by atoms with Crippen LogP contribution in [0.3, 0.4) is 0 Å². The number of rotatable bonds is 2. The van der Waals surface area contributed by atoms with Crippen LogP contribution in [0.5, 0.6) is 0 Å². The maximum Gasteiger partial charge on any atom is 0.233 e. The van der Waals surface area contributed by atoms with Crippen molar-refractivity contribution in [1.29, 1.82) is 0 Å². The zero-order chi connectivity index (χ0) is 29.1. The van der Waals surface area contributed by atoms with E-state index in [-0.39, 0.29) is 63.3 Å². The Hall–Kier alpha value is -2.59. The van der Waals surface area contributed by atoms with Crippen molar-refractivity contribution in [3.05, 3.63) is 46.6 Å². The summed E-state index contributed by atoms with van der Waals surface area (Å²) in [5, 5.41) is 14.7. The second-order valence-electron chi connectivity index (χ2n) is 15.4. The van der Waals surface area contributed by atoms with Crippen LogP contribution >= 0.6 is 0 Å². The Bertz CT molecular complexity index is 1410. The van der Waals surface area contributed by atoms with Gasteiger partial charge in [0.1, 0.15) is 0 Å². The summed E-state index contributed by atoms with van der Waals surface area (Å²) in [5.41, 5.74) is -1.37. The molecular formula is C33H43N3O4. The lowest BCUT2D eigenvalue weighted by atomic mass is 9.34. The highest BCUT2D eigenvalue weighted by Gasteiger charge is 2.71. The summed E-state index contributed by atoms with van der Waals surface area (Å²) in [6.07, 6.45) is 10.0. The van der Waals surface area contributed by atoms with E-state index in [2.05, 4.69) is 44.6 Å². The number of ketones is 2. The van der Waals surface area contributed by atoms with E-state index in [1.165, 1.54) is 0 Å². The van der Waals surface area contributed by atoms with Gasteiger partial charge in [0.25, 0.3) is 0 Å². The minimum Gasteiger partial charge on any atom is -0.395 e. The number of aryl methyl sites for hydroxylation is 1. The molecule has 0 aromatic carbocycles. The van der Waals surface area contributed by atoms with Gasteiger partial charge in [-0.15, -0.1) is 0 Å². The summed E-state index contributed by atoms with van der Waals surface area (Å²) in [7, 11) is 0. The van der Waals surface area contributed by atoms with Gasteiger partial charge in [0.15, 0.2) is 17.4 Å². The normalized spacial score (nSPS) is 45.7. The second-order valence-corrected chi connectivity index (χ2v) is 15.4. The molecule has 3 fully saturated rings. The highest BCUT2D eigenvalue weighted by Crippen LogP contribution is 2.74. The van der Waals surface area contributed by atoms with Crippen LogP contribution < -0.4 is 0 Å². The highest BCUT2D eigenvalue weighted by atomic mass is 16.5. The molecule has 1 aromatic heterocycles. The summed E-state index contributed by atoms with van der Waals surface area (Å²) < 4.78 is 5.89. The molecule has 5 aliphatic carbocycles. The smallest absolute Gasteiger partial charge is 0.233 e. The Morgan fingerprint density at radius 1 is 1.07 bits per heavy atom. The predicted octanol–water partition coefficient (Wildman–Crippen LogP) is 6.17. The summed E-state index contributed by atoms with van der Waals surface area (Å²) in [6, 6.07) is 0. The molecule has 5 aliphatic rings. The molecule has 1 aromatic rings. The van der Waals surface area contributed by atoms with Crippen molar-refractivity contribution in [2.75, 3.05) is 6.61 Å². The fourth-order valence-corrected chi connectivity index (χ4v) is 10.5. The predicted molar refractivity (Wildman–Crippen MR) is 150 cm³/mol. The van der Waals surface area contributed by atoms with Gasteiger partial charge in [0, 0.05) is 16.7 Å². The Morgan fingerprint density at radius 2 is 1.77 bits per heavy atom. The molecule has 7 heteroatoms. The van der Waals surface area contributed by atoms with Crippen LogP contribution in [0.15, 0.2) is 27.9 Å². The molecule has 1 N–H and O–H groups in total. The zero-order valence-electron chi connectivity index (χ0n) is 25.1. The molecule has 0 radical (unpaired) electrons. The number of aliphatic hydroxyl groups is 1. The van der Waals surface area contributed by atoms with Crippen molar-refractivity contribution in [2.45, 2.75) is 98.8 Å². The molecular weight excluding hydrogens is 502 g/mol. The summed E-state index contributed by atoms with van der Waals surface area (Å²) in [5.74, 6) is 0.953. The number of carbonyl (C=O) groups excluding carboxylic acids is 2. The van der Waals surface area contributed by atoms with Crippen molar-refractivity contribution >= 4 is 11.6 Å². The largest absolute Gasteiger partial charge is 0.395 e. The molecule has 40 heavy (non-hydrogen) atoms. The van der Waals surface area contributed by atoms with Gasteiger partial charge in [-0.05, 0) is 86.0 Å². The van der Waals surface area contributed by atoms with Crippen molar-refractivity contribution in [2.24, 2.45) is 44.8 Å². The first kappa shape index (κ1) is 27.6. The fourth-order valence-electron chi connectivity index (χ4n) is 10.5. The zero-order valence-corrected chi connectivity index (χ0v) is 25.1. The third-order valence-electron chi connectivity index (χ3n) is 13.0. The lowest BCUT2D eigenvalue weighted by molar-refractivity contribution is -0.163. The Kier molecular flexibility index (Phi) is 5.68. The fraction of sp³-hybridized carbons (Fsp3) is 0.727. The quantitative estimate of drug-likeness (QED) is 0.446. The average Bonchev–Trinajstić information content (AvgIpc) is 3.34. The number of fused-ring (bicyclic) bond motifs is 7. The van der Waals surface area contributed by atoms with Gasteiger partial charge in [-0.25, -0.2) is 4.85 Å². The second kappa shape index (κ2) is 8.25. The number of nitrogens with zero attached hydrogens (tertiary/aromatic N) is 3. The maximum absolute atomic E-state index is 14.6. The number of aliphatic hydroxyl groups excluding tert-OH is 1. The highest BCUT2D eigenvalue weighted by molar-refractivity contribution is 6.03. The van der Waals surface area contributed by atoms with Gasteiger partial charge in [-0.2, -0.15) is 4.98 Å². The Labute approximate surface area is 237 Å². The van der Waals surface area contributed by atoms with Gasteiger partial charge < -0.3 is 14.4 Å². The van der Waals surface area contributed by atoms with E-state index in [0.29, 0.717) is 11.7 Å². The molecule has 8 atom stereocenters. The summed E-state index contributed by atoms with van der Waals surface area (Å²) in [4.78, 5) is 36.3. The van der Waals surface area contributed by atoms with Crippen LogP contribution in [0.2, 0.25) is 0 Å². The van der Waals surface area contributed by atoms with Crippen LogP contribution in [-0.4, -0.2) is 33.4 Å². The minimum absolute atomic E-state index is 0.0867. The van der Waals surface area contributed by atoms with Crippen molar-refractivity contribution in [3.8, 4) is 0 Å². The summed E-state index contributed by atoms with van der Waals surface area (Å²) >= 11 is 0. The molecule has 3 saturated carbocycles. The molecule has 0 aliphatic heterocycles.